The summed E-state index contributed by atoms with van der Waals surface area (Å²) >= 11 is 7.31. The standard InChI is InChI=1S/C12H17ClN2O2S/c1-3-17-10-7-15(2)6-9(10)14-12(16)11-8(13)4-5-18-11/h4-5,9-10H,3,6-7H2,1-2H3,(H,14,16)/t9-,10-/m0/s1. The minimum absolute atomic E-state index is 0.0283. The summed E-state index contributed by atoms with van der Waals surface area (Å²) in [7, 11) is 2.02. The molecule has 1 aromatic rings. The van der Waals surface area contributed by atoms with Crippen LogP contribution in [-0.4, -0.2) is 49.7 Å². The molecule has 2 atom stereocenters. The second-order valence-electron chi connectivity index (χ2n) is 4.39. The summed E-state index contributed by atoms with van der Waals surface area (Å²) in [6.07, 6.45) is 0.0580. The fourth-order valence-electron chi connectivity index (χ4n) is 2.17. The first kappa shape index (κ1) is 13.8. The first-order valence-electron chi connectivity index (χ1n) is 5.95. The van der Waals surface area contributed by atoms with E-state index in [1.807, 2.05) is 19.4 Å². The molecule has 1 aliphatic heterocycles. The molecule has 1 aromatic heterocycles. The van der Waals surface area contributed by atoms with Crippen molar-refractivity contribution in [2.24, 2.45) is 0 Å². The zero-order valence-electron chi connectivity index (χ0n) is 10.5. The van der Waals surface area contributed by atoms with Crippen molar-refractivity contribution in [1.29, 1.82) is 0 Å². The first-order valence-corrected chi connectivity index (χ1v) is 7.21. The summed E-state index contributed by atoms with van der Waals surface area (Å²) < 4.78 is 5.65. The van der Waals surface area contributed by atoms with Crippen molar-refractivity contribution >= 4 is 28.8 Å². The molecule has 0 spiro atoms. The number of likely N-dealkylation sites (tertiary alicyclic amines) is 1. The quantitative estimate of drug-likeness (QED) is 0.919. The maximum atomic E-state index is 12.1. The van der Waals surface area contributed by atoms with Gasteiger partial charge in [0, 0.05) is 19.7 Å². The van der Waals surface area contributed by atoms with Gasteiger partial charge in [0.15, 0.2) is 0 Å². The number of rotatable bonds is 4. The fraction of sp³-hybridized carbons (Fsp3) is 0.583. The van der Waals surface area contributed by atoms with Gasteiger partial charge < -0.3 is 15.0 Å². The number of carbonyl (C=O) groups is 1. The van der Waals surface area contributed by atoms with E-state index < -0.39 is 0 Å². The Hall–Kier alpha value is -0.620. The van der Waals surface area contributed by atoms with Gasteiger partial charge in [0.05, 0.1) is 17.2 Å². The summed E-state index contributed by atoms with van der Waals surface area (Å²) in [6.45, 7) is 4.27. The number of halogens is 1. The Bertz CT molecular complexity index is 424. The Morgan fingerprint density at radius 2 is 2.44 bits per heavy atom. The molecule has 18 heavy (non-hydrogen) atoms. The lowest BCUT2D eigenvalue weighted by molar-refractivity contribution is 0.0514. The Kier molecular flexibility index (Phi) is 4.61. The Labute approximate surface area is 116 Å². The number of nitrogens with zero attached hydrogens (tertiary/aromatic N) is 1. The SMILES string of the molecule is CCO[C@H]1CN(C)C[C@@H]1NC(=O)c1sccc1Cl. The molecule has 1 aliphatic rings. The highest BCUT2D eigenvalue weighted by atomic mass is 35.5. The monoisotopic (exact) mass is 288 g/mol. The van der Waals surface area contributed by atoms with Crippen molar-refractivity contribution < 1.29 is 9.53 Å². The zero-order valence-corrected chi connectivity index (χ0v) is 12.1. The van der Waals surface area contributed by atoms with Gasteiger partial charge in [-0.25, -0.2) is 0 Å². The number of hydrogen-bond donors (Lipinski definition) is 1. The number of nitrogens with one attached hydrogen (secondary N) is 1. The molecule has 2 heterocycles. The number of hydrogen-bond acceptors (Lipinski definition) is 4. The smallest absolute Gasteiger partial charge is 0.263 e. The molecule has 1 amide bonds. The van der Waals surface area contributed by atoms with Gasteiger partial charge >= 0.3 is 0 Å². The van der Waals surface area contributed by atoms with Gasteiger partial charge in [-0.2, -0.15) is 0 Å². The third kappa shape index (κ3) is 3.03. The van der Waals surface area contributed by atoms with Crippen LogP contribution in [0, 0.1) is 0 Å². The molecule has 100 valence electrons. The van der Waals surface area contributed by atoms with Crippen molar-refractivity contribution in [2.75, 3.05) is 26.7 Å². The number of amides is 1. The van der Waals surface area contributed by atoms with Crippen LogP contribution in [0.2, 0.25) is 5.02 Å². The number of likely N-dealkylation sites (N-methyl/N-ethyl adjacent to an activating group) is 1. The van der Waals surface area contributed by atoms with Gasteiger partial charge in [-0.15, -0.1) is 11.3 Å². The van der Waals surface area contributed by atoms with Crippen molar-refractivity contribution in [3.05, 3.63) is 21.3 Å². The molecule has 0 aromatic carbocycles. The highest BCUT2D eigenvalue weighted by Gasteiger charge is 2.33. The van der Waals surface area contributed by atoms with Gasteiger partial charge in [-0.05, 0) is 25.4 Å². The van der Waals surface area contributed by atoms with Gasteiger partial charge in [0.2, 0.25) is 0 Å². The molecular formula is C12H17ClN2O2S. The van der Waals surface area contributed by atoms with Crippen molar-refractivity contribution in [3.63, 3.8) is 0 Å². The highest BCUT2D eigenvalue weighted by molar-refractivity contribution is 7.12. The van der Waals surface area contributed by atoms with Crippen LogP contribution in [0.3, 0.4) is 0 Å². The van der Waals surface area contributed by atoms with Crippen LogP contribution in [-0.2, 0) is 4.74 Å². The van der Waals surface area contributed by atoms with E-state index in [0.29, 0.717) is 16.5 Å². The topological polar surface area (TPSA) is 41.6 Å². The van der Waals surface area contributed by atoms with Crippen molar-refractivity contribution in [2.45, 2.75) is 19.1 Å². The number of thiophene rings is 1. The number of ether oxygens (including phenoxy) is 1. The Morgan fingerprint density at radius 1 is 1.67 bits per heavy atom. The largest absolute Gasteiger partial charge is 0.375 e. The third-order valence-electron chi connectivity index (χ3n) is 2.97. The molecule has 0 saturated carbocycles. The molecule has 2 rings (SSSR count). The van der Waals surface area contributed by atoms with E-state index >= 15 is 0 Å². The van der Waals surface area contributed by atoms with Crippen LogP contribution in [0.5, 0.6) is 0 Å². The van der Waals surface area contributed by atoms with Crippen LogP contribution < -0.4 is 5.32 Å². The van der Waals surface area contributed by atoms with E-state index in [9.17, 15) is 4.79 Å². The lowest BCUT2D eigenvalue weighted by atomic mass is 10.2. The maximum absolute atomic E-state index is 12.1. The summed E-state index contributed by atoms with van der Waals surface area (Å²) in [4.78, 5) is 14.8. The van der Waals surface area contributed by atoms with Crippen LogP contribution in [0.15, 0.2) is 11.4 Å². The molecule has 1 saturated heterocycles. The van der Waals surface area contributed by atoms with E-state index in [-0.39, 0.29) is 18.1 Å². The predicted molar refractivity (Wildman–Crippen MR) is 73.5 cm³/mol. The first-order chi connectivity index (χ1) is 8.61. The second-order valence-corrected chi connectivity index (χ2v) is 5.72. The molecule has 0 radical (unpaired) electrons. The molecule has 0 bridgehead atoms. The van der Waals surface area contributed by atoms with Gasteiger partial charge in [0.25, 0.3) is 5.91 Å². The maximum Gasteiger partial charge on any atom is 0.263 e. The van der Waals surface area contributed by atoms with Crippen LogP contribution in [0.1, 0.15) is 16.6 Å². The molecular weight excluding hydrogens is 272 g/mol. The molecule has 1 N–H and O–H groups in total. The minimum atomic E-state index is -0.111. The Morgan fingerprint density at radius 3 is 3.06 bits per heavy atom. The van der Waals surface area contributed by atoms with E-state index in [4.69, 9.17) is 16.3 Å². The van der Waals surface area contributed by atoms with Gasteiger partial charge in [-0.1, -0.05) is 11.6 Å². The minimum Gasteiger partial charge on any atom is -0.375 e. The summed E-state index contributed by atoms with van der Waals surface area (Å²) in [5.74, 6) is -0.111. The second kappa shape index (κ2) is 6.02. The lowest BCUT2D eigenvalue weighted by Crippen LogP contribution is -2.43. The van der Waals surface area contributed by atoms with E-state index in [1.54, 1.807) is 6.07 Å². The average molecular weight is 289 g/mol. The van der Waals surface area contributed by atoms with Crippen molar-refractivity contribution in [1.82, 2.24) is 10.2 Å². The predicted octanol–water partition coefficient (Wildman–Crippen LogP) is 1.85. The molecule has 1 fully saturated rings. The van der Waals surface area contributed by atoms with Gasteiger partial charge in [0.1, 0.15) is 4.88 Å². The lowest BCUT2D eigenvalue weighted by Gasteiger charge is -2.19. The molecule has 4 nitrogen and oxygen atoms in total. The molecule has 0 aliphatic carbocycles. The van der Waals surface area contributed by atoms with Gasteiger partial charge in [-0.3, -0.25) is 4.79 Å². The van der Waals surface area contributed by atoms with E-state index in [2.05, 4.69) is 10.2 Å². The Balaban J connectivity index is 2.00. The molecule has 6 heteroatoms. The average Bonchev–Trinajstić information content (AvgIpc) is 2.86. The van der Waals surface area contributed by atoms with E-state index in [1.165, 1.54) is 11.3 Å². The summed E-state index contributed by atoms with van der Waals surface area (Å²) in [6, 6.07) is 1.77. The van der Waals surface area contributed by atoms with E-state index in [0.717, 1.165) is 13.1 Å². The summed E-state index contributed by atoms with van der Waals surface area (Å²) in [5.41, 5.74) is 0. The van der Waals surface area contributed by atoms with Crippen LogP contribution in [0.25, 0.3) is 0 Å². The van der Waals surface area contributed by atoms with Crippen molar-refractivity contribution in [3.8, 4) is 0 Å². The zero-order chi connectivity index (χ0) is 13.1. The number of carbonyl (C=O) groups excluding carboxylic acids is 1. The normalized spacial score (nSPS) is 24.4. The highest BCUT2D eigenvalue weighted by Crippen LogP contribution is 2.22. The molecule has 0 unspecified atom stereocenters. The third-order valence-corrected chi connectivity index (χ3v) is 4.31. The fourth-order valence-corrected chi connectivity index (χ4v) is 3.22. The van der Waals surface area contributed by atoms with Crippen LogP contribution in [0.4, 0.5) is 0 Å². The summed E-state index contributed by atoms with van der Waals surface area (Å²) in [5, 5.41) is 5.34. The van der Waals surface area contributed by atoms with Crippen LogP contribution >= 0.6 is 22.9 Å².